The second-order valence-electron chi connectivity index (χ2n) is 5.36. The first-order chi connectivity index (χ1) is 8.26. The molecule has 2 heteroatoms. The van der Waals surface area contributed by atoms with Gasteiger partial charge in [0.2, 0.25) is 0 Å². The first-order valence-corrected chi connectivity index (χ1v) is 7.09. The van der Waals surface area contributed by atoms with Gasteiger partial charge in [-0.05, 0) is 52.0 Å². The Hall–Kier alpha value is -0.340. The SMILES string of the molecule is C=CCCCCCC(CC1(OC)CCC1)NC. The summed E-state index contributed by atoms with van der Waals surface area (Å²) in [6.45, 7) is 3.76. The summed E-state index contributed by atoms with van der Waals surface area (Å²) in [5.41, 5.74) is 0.203. The minimum Gasteiger partial charge on any atom is -0.378 e. The van der Waals surface area contributed by atoms with Crippen molar-refractivity contribution in [3.63, 3.8) is 0 Å². The Morgan fingerprint density at radius 1 is 1.35 bits per heavy atom. The van der Waals surface area contributed by atoms with Crippen LogP contribution in [0.15, 0.2) is 12.7 Å². The molecule has 0 spiro atoms. The van der Waals surface area contributed by atoms with Gasteiger partial charge < -0.3 is 10.1 Å². The van der Waals surface area contributed by atoms with E-state index in [-0.39, 0.29) is 5.60 Å². The standard InChI is InChI=1S/C15H29NO/c1-4-5-6-7-8-10-14(16-2)13-15(17-3)11-9-12-15/h4,14,16H,1,5-13H2,2-3H3. The zero-order valence-electron chi connectivity index (χ0n) is 11.6. The molecule has 0 saturated heterocycles. The molecule has 0 aliphatic heterocycles. The molecular formula is C15H29NO. The molecule has 0 radical (unpaired) electrons. The van der Waals surface area contributed by atoms with Crippen molar-refractivity contribution < 1.29 is 4.74 Å². The van der Waals surface area contributed by atoms with Crippen molar-refractivity contribution in [3.05, 3.63) is 12.7 Å². The van der Waals surface area contributed by atoms with E-state index in [4.69, 9.17) is 4.74 Å². The number of nitrogens with one attached hydrogen (secondary N) is 1. The van der Waals surface area contributed by atoms with Crippen molar-refractivity contribution in [2.24, 2.45) is 0 Å². The van der Waals surface area contributed by atoms with Crippen LogP contribution in [-0.2, 0) is 4.74 Å². The van der Waals surface area contributed by atoms with Gasteiger partial charge in [0.25, 0.3) is 0 Å². The molecule has 0 bridgehead atoms. The van der Waals surface area contributed by atoms with Gasteiger partial charge in [-0.2, -0.15) is 0 Å². The van der Waals surface area contributed by atoms with Crippen LogP contribution >= 0.6 is 0 Å². The predicted molar refractivity (Wildman–Crippen MR) is 74.3 cm³/mol. The molecule has 17 heavy (non-hydrogen) atoms. The van der Waals surface area contributed by atoms with Gasteiger partial charge in [0, 0.05) is 13.2 Å². The van der Waals surface area contributed by atoms with Crippen molar-refractivity contribution in [1.82, 2.24) is 5.32 Å². The van der Waals surface area contributed by atoms with Crippen LogP contribution in [-0.4, -0.2) is 25.8 Å². The Balaban J connectivity index is 2.16. The molecule has 0 aromatic rings. The molecule has 0 aromatic heterocycles. The molecule has 1 aliphatic rings. The minimum atomic E-state index is 0.203. The second kappa shape index (κ2) is 7.88. The number of rotatable bonds is 10. The van der Waals surface area contributed by atoms with Crippen molar-refractivity contribution in [1.29, 1.82) is 0 Å². The van der Waals surface area contributed by atoms with E-state index < -0.39 is 0 Å². The lowest BCUT2D eigenvalue weighted by Crippen LogP contribution is -2.45. The second-order valence-corrected chi connectivity index (χ2v) is 5.36. The zero-order valence-corrected chi connectivity index (χ0v) is 11.6. The monoisotopic (exact) mass is 239 g/mol. The zero-order chi connectivity index (χ0) is 12.6. The lowest BCUT2D eigenvalue weighted by atomic mass is 9.75. The average Bonchev–Trinajstić information content (AvgIpc) is 2.31. The molecule has 0 amide bonds. The summed E-state index contributed by atoms with van der Waals surface area (Å²) in [5.74, 6) is 0. The molecule has 0 aromatic carbocycles. The van der Waals surface area contributed by atoms with E-state index in [0.717, 1.165) is 6.42 Å². The fourth-order valence-corrected chi connectivity index (χ4v) is 2.72. The Labute approximate surface area is 107 Å². The number of hydrogen-bond acceptors (Lipinski definition) is 2. The van der Waals surface area contributed by atoms with Gasteiger partial charge in [0.1, 0.15) is 0 Å². The maximum absolute atomic E-state index is 5.70. The first-order valence-electron chi connectivity index (χ1n) is 7.09. The quantitative estimate of drug-likeness (QED) is 0.464. The molecule has 1 rings (SSSR count). The normalized spacial score (nSPS) is 19.6. The van der Waals surface area contributed by atoms with Gasteiger partial charge in [-0.3, -0.25) is 0 Å². The molecule has 1 aliphatic carbocycles. The Morgan fingerprint density at radius 3 is 2.59 bits per heavy atom. The van der Waals surface area contributed by atoms with Crippen molar-refractivity contribution in [2.45, 2.75) is 69.4 Å². The van der Waals surface area contributed by atoms with E-state index in [2.05, 4.69) is 18.9 Å². The van der Waals surface area contributed by atoms with Gasteiger partial charge in [-0.25, -0.2) is 0 Å². The summed E-state index contributed by atoms with van der Waals surface area (Å²) in [6, 6.07) is 0.624. The van der Waals surface area contributed by atoms with Gasteiger partial charge in [-0.15, -0.1) is 6.58 Å². The molecule has 0 heterocycles. The molecule has 1 saturated carbocycles. The Morgan fingerprint density at radius 2 is 2.12 bits per heavy atom. The lowest BCUT2D eigenvalue weighted by molar-refractivity contribution is -0.0836. The number of ether oxygens (including phenoxy) is 1. The molecule has 2 nitrogen and oxygen atoms in total. The molecule has 1 N–H and O–H groups in total. The first kappa shape index (κ1) is 14.7. The highest BCUT2D eigenvalue weighted by molar-refractivity contribution is 4.92. The van der Waals surface area contributed by atoms with E-state index in [1.165, 1.54) is 51.4 Å². The number of allylic oxidation sites excluding steroid dienone is 1. The highest BCUT2D eigenvalue weighted by Gasteiger charge is 2.38. The molecule has 1 atom stereocenters. The molecular weight excluding hydrogens is 210 g/mol. The Bertz CT molecular complexity index is 205. The highest BCUT2D eigenvalue weighted by atomic mass is 16.5. The van der Waals surface area contributed by atoms with Crippen LogP contribution in [0.25, 0.3) is 0 Å². The summed E-state index contributed by atoms with van der Waals surface area (Å²) < 4.78 is 5.70. The van der Waals surface area contributed by atoms with Crippen molar-refractivity contribution >= 4 is 0 Å². The van der Waals surface area contributed by atoms with Crippen LogP contribution in [0.5, 0.6) is 0 Å². The molecule has 1 fully saturated rings. The predicted octanol–water partition coefficient (Wildman–Crippen LogP) is 3.67. The topological polar surface area (TPSA) is 21.3 Å². The third-order valence-electron chi connectivity index (χ3n) is 4.19. The van der Waals surface area contributed by atoms with Crippen LogP contribution in [0.3, 0.4) is 0 Å². The van der Waals surface area contributed by atoms with E-state index in [0.29, 0.717) is 6.04 Å². The van der Waals surface area contributed by atoms with Crippen LogP contribution in [0.1, 0.15) is 57.8 Å². The number of methoxy groups -OCH3 is 1. The number of hydrogen-bond donors (Lipinski definition) is 1. The summed E-state index contributed by atoms with van der Waals surface area (Å²) in [5, 5.41) is 3.45. The smallest absolute Gasteiger partial charge is 0.0693 e. The Kier molecular flexibility index (Phi) is 6.83. The largest absolute Gasteiger partial charge is 0.378 e. The van der Waals surface area contributed by atoms with Gasteiger partial charge in [0.15, 0.2) is 0 Å². The third kappa shape index (κ3) is 4.81. The van der Waals surface area contributed by atoms with E-state index in [9.17, 15) is 0 Å². The summed E-state index contributed by atoms with van der Waals surface area (Å²) in [4.78, 5) is 0. The van der Waals surface area contributed by atoms with Gasteiger partial charge in [0.05, 0.1) is 5.60 Å². The molecule has 1 unspecified atom stereocenters. The molecule has 100 valence electrons. The van der Waals surface area contributed by atoms with Gasteiger partial charge >= 0.3 is 0 Å². The van der Waals surface area contributed by atoms with Crippen LogP contribution in [0.2, 0.25) is 0 Å². The number of unbranched alkanes of at least 4 members (excludes halogenated alkanes) is 3. The average molecular weight is 239 g/mol. The van der Waals surface area contributed by atoms with Crippen LogP contribution in [0, 0.1) is 0 Å². The van der Waals surface area contributed by atoms with Crippen LogP contribution < -0.4 is 5.32 Å². The third-order valence-corrected chi connectivity index (χ3v) is 4.19. The van der Waals surface area contributed by atoms with E-state index >= 15 is 0 Å². The van der Waals surface area contributed by atoms with E-state index in [1.807, 2.05) is 13.2 Å². The maximum atomic E-state index is 5.70. The van der Waals surface area contributed by atoms with Crippen LogP contribution in [0.4, 0.5) is 0 Å². The lowest BCUT2D eigenvalue weighted by Gasteiger charge is -2.42. The fourth-order valence-electron chi connectivity index (χ4n) is 2.72. The van der Waals surface area contributed by atoms with E-state index in [1.54, 1.807) is 0 Å². The van der Waals surface area contributed by atoms with Crippen molar-refractivity contribution in [2.75, 3.05) is 14.2 Å². The summed E-state index contributed by atoms with van der Waals surface area (Å²) in [6.07, 6.45) is 13.4. The highest BCUT2D eigenvalue weighted by Crippen LogP contribution is 2.39. The van der Waals surface area contributed by atoms with Crippen molar-refractivity contribution in [3.8, 4) is 0 Å². The van der Waals surface area contributed by atoms with Gasteiger partial charge in [-0.1, -0.05) is 18.9 Å². The summed E-state index contributed by atoms with van der Waals surface area (Å²) >= 11 is 0. The summed E-state index contributed by atoms with van der Waals surface area (Å²) in [7, 11) is 3.95. The fraction of sp³-hybridized carbons (Fsp3) is 0.867. The minimum absolute atomic E-state index is 0.203. The maximum Gasteiger partial charge on any atom is 0.0693 e.